The van der Waals surface area contributed by atoms with Crippen LogP contribution in [0.5, 0.6) is 0 Å². The third-order valence-corrected chi connectivity index (χ3v) is 6.30. The Hall–Kier alpha value is -4.50. The summed E-state index contributed by atoms with van der Waals surface area (Å²) in [5.41, 5.74) is 4.30. The van der Waals surface area contributed by atoms with Crippen LogP contribution < -0.4 is 0 Å². The Labute approximate surface area is 190 Å². The largest absolute Gasteiger partial charge is 0.435 e. The third-order valence-electron chi connectivity index (χ3n) is 6.30. The highest BCUT2D eigenvalue weighted by Gasteiger charge is 2.12. The summed E-state index contributed by atoms with van der Waals surface area (Å²) in [6, 6.07) is 37.6. The Morgan fingerprint density at radius 2 is 1.06 bits per heavy atom. The average molecular weight is 422 g/mol. The number of para-hydroxylation sites is 2. The summed E-state index contributed by atoms with van der Waals surface area (Å²) < 4.78 is 5.95. The molecule has 0 fully saturated rings. The summed E-state index contributed by atoms with van der Waals surface area (Å²) in [5.74, 6) is 0.537. The van der Waals surface area contributed by atoms with Gasteiger partial charge < -0.3 is 4.42 Å². The first kappa shape index (κ1) is 18.1. The van der Waals surface area contributed by atoms with Crippen LogP contribution in [0.2, 0.25) is 0 Å². The molecular formula is C30H18N2O. The van der Waals surface area contributed by atoms with Gasteiger partial charge in [0.1, 0.15) is 11.2 Å². The number of pyridine rings is 1. The van der Waals surface area contributed by atoms with Crippen LogP contribution in [0, 0.1) is 0 Å². The first-order valence-electron chi connectivity index (χ1n) is 11.0. The summed E-state index contributed by atoms with van der Waals surface area (Å²) in [4.78, 5) is 9.52. The van der Waals surface area contributed by atoms with Crippen LogP contribution in [0.4, 0.5) is 0 Å². The van der Waals surface area contributed by atoms with Gasteiger partial charge in [-0.1, -0.05) is 78.9 Å². The van der Waals surface area contributed by atoms with Gasteiger partial charge in [-0.15, -0.1) is 0 Å². The predicted molar refractivity (Wildman–Crippen MR) is 135 cm³/mol. The van der Waals surface area contributed by atoms with Gasteiger partial charge in [-0.2, -0.15) is 0 Å². The van der Waals surface area contributed by atoms with Crippen LogP contribution in [-0.4, -0.2) is 9.97 Å². The number of fused-ring (bicyclic) bond motifs is 7. The molecule has 0 atom stereocenters. The second-order valence-corrected chi connectivity index (χ2v) is 8.25. The molecule has 7 rings (SSSR count). The molecule has 5 aromatic carbocycles. The summed E-state index contributed by atoms with van der Waals surface area (Å²) in [7, 11) is 0. The molecule has 2 aromatic heterocycles. The fourth-order valence-electron chi connectivity index (χ4n) is 4.76. The fraction of sp³-hybridized carbons (Fsp3) is 0. The van der Waals surface area contributed by atoms with Gasteiger partial charge in [-0.05, 0) is 62.6 Å². The summed E-state index contributed by atoms with van der Waals surface area (Å²) in [5, 5.41) is 7.56. The molecule has 0 unspecified atom stereocenters. The van der Waals surface area contributed by atoms with Gasteiger partial charge in [0.25, 0.3) is 0 Å². The van der Waals surface area contributed by atoms with E-state index in [0.717, 1.165) is 28.1 Å². The number of nitrogens with zero attached hydrogens (tertiary/aromatic N) is 2. The second kappa shape index (κ2) is 7.01. The monoisotopic (exact) mass is 422 g/mol. The highest BCUT2D eigenvalue weighted by molar-refractivity contribution is 6.25. The molecule has 2 heterocycles. The van der Waals surface area contributed by atoms with Crippen LogP contribution in [0.1, 0.15) is 0 Å². The highest BCUT2D eigenvalue weighted by atomic mass is 16.3. The zero-order chi connectivity index (χ0) is 21.8. The maximum absolute atomic E-state index is 5.95. The van der Waals surface area contributed by atoms with Gasteiger partial charge >= 0.3 is 0 Å². The van der Waals surface area contributed by atoms with Gasteiger partial charge in [-0.3, -0.25) is 0 Å². The van der Waals surface area contributed by atoms with E-state index in [1.54, 1.807) is 0 Å². The van der Waals surface area contributed by atoms with Crippen LogP contribution in [0.3, 0.4) is 0 Å². The van der Waals surface area contributed by atoms with E-state index in [4.69, 9.17) is 9.40 Å². The molecule has 0 aliphatic heterocycles. The molecule has 3 heteroatoms. The molecule has 7 aromatic rings. The minimum atomic E-state index is 0.537. The molecular weight excluding hydrogens is 404 g/mol. The highest BCUT2D eigenvalue weighted by Crippen LogP contribution is 2.37. The van der Waals surface area contributed by atoms with Crippen molar-refractivity contribution >= 4 is 43.4 Å². The van der Waals surface area contributed by atoms with Crippen LogP contribution in [0.15, 0.2) is 114 Å². The lowest BCUT2D eigenvalue weighted by Gasteiger charge is -2.12. The molecule has 3 nitrogen and oxygen atoms in total. The fourth-order valence-corrected chi connectivity index (χ4v) is 4.76. The Balaban J connectivity index is 1.44. The molecule has 0 aliphatic carbocycles. The Morgan fingerprint density at radius 1 is 0.455 bits per heavy atom. The van der Waals surface area contributed by atoms with Crippen molar-refractivity contribution in [2.45, 2.75) is 0 Å². The molecule has 0 N–H and O–H groups in total. The topological polar surface area (TPSA) is 38.9 Å². The van der Waals surface area contributed by atoms with Crippen molar-refractivity contribution in [3.63, 3.8) is 0 Å². The summed E-state index contributed by atoms with van der Waals surface area (Å²) in [6.07, 6.45) is 0. The lowest BCUT2D eigenvalue weighted by atomic mass is 9.93. The first-order valence-corrected chi connectivity index (χ1v) is 11.0. The summed E-state index contributed by atoms with van der Waals surface area (Å²) >= 11 is 0. The van der Waals surface area contributed by atoms with Gasteiger partial charge in [0.15, 0.2) is 5.58 Å². The molecule has 154 valence electrons. The van der Waals surface area contributed by atoms with E-state index >= 15 is 0 Å². The predicted octanol–water partition coefficient (Wildman–Crippen LogP) is 8.02. The minimum Gasteiger partial charge on any atom is -0.435 e. The van der Waals surface area contributed by atoms with Crippen LogP contribution in [-0.2, 0) is 0 Å². The van der Waals surface area contributed by atoms with Crippen molar-refractivity contribution in [2.75, 3.05) is 0 Å². The van der Waals surface area contributed by atoms with Gasteiger partial charge in [-0.25, -0.2) is 9.97 Å². The lowest BCUT2D eigenvalue weighted by molar-refractivity contribution is 0.617. The molecule has 0 saturated carbocycles. The third kappa shape index (κ3) is 2.83. The van der Waals surface area contributed by atoms with Crippen molar-refractivity contribution < 1.29 is 4.42 Å². The van der Waals surface area contributed by atoms with Crippen molar-refractivity contribution in [2.24, 2.45) is 0 Å². The maximum Gasteiger partial charge on any atom is 0.246 e. The van der Waals surface area contributed by atoms with Gasteiger partial charge in [0.2, 0.25) is 5.89 Å². The zero-order valence-electron chi connectivity index (χ0n) is 17.7. The standard InChI is InChI=1S/C30H18N2O/c1-2-10-22-20(8-1)21-9-3-4-11-23(21)25-18-19(16-17-24(22)25)26-13-7-14-28(31-26)30-32-27-12-5-6-15-29(27)33-30/h1-18H. The van der Waals surface area contributed by atoms with Crippen molar-refractivity contribution in [1.82, 2.24) is 9.97 Å². The Bertz CT molecular complexity index is 1760. The number of hydrogen-bond donors (Lipinski definition) is 0. The smallest absolute Gasteiger partial charge is 0.246 e. The van der Waals surface area contributed by atoms with Gasteiger partial charge in [0, 0.05) is 5.56 Å². The summed E-state index contributed by atoms with van der Waals surface area (Å²) in [6.45, 7) is 0. The van der Waals surface area contributed by atoms with Crippen molar-refractivity contribution in [1.29, 1.82) is 0 Å². The minimum absolute atomic E-state index is 0.537. The molecule has 0 aliphatic rings. The Kier molecular flexibility index (Phi) is 3.84. The number of aromatic nitrogens is 2. The van der Waals surface area contributed by atoms with Gasteiger partial charge in [0.05, 0.1) is 5.69 Å². The zero-order valence-corrected chi connectivity index (χ0v) is 17.7. The number of benzene rings is 5. The SMILES string of the molecule is c1cc(-c2ccc3c4ccccc4c4ccccc4c3c2)nc(-c2nc3ccccc3o2)c1. The quantitative estimate of drug-likeness (QED) is 0.265. The molecule has 0 radical (unpaired) electrons. The average Bonchev–Trinajstić information content (AvgIpc) is 3.33. The van der Waals surface area contributed by atoms with E-state index in [1.165, 1.54) is 32.3 Å². The van der Waals surface area contributed by atoms with E-state index in [-0.39, 0.29) is 0 Å². The van der Waals surface area contributed by atoms with E-state index in [9.17, 15) is 0 Å². The van der Waals surface area contributed by atoms with E-state index in [2.05, 4.69) is 71.7 Å². The van der Waals surface area contributed by atoms with E-state index in [0.29, 0.717) is 5.89 Å². The first-order chi connectivity index (χ1) is 16.3. The molecule has 0 bridgehead atoms. The number of rotatable bonds is 2. The number of hydrogen-bond acceptors (Lipinski definition) is 3. The molecule has 0 spiro atoms. The second-order valence-electron chi connectivity index (χ2n) is 8.25. The Morgan fingerprint density at radius 3 is 1.79 bits per heavy atom. The molecule has 0 amide bonds. The molecule has 33 heavy (non-hydrogen) atoms. The maximum atomic E-state index is 5.95. The van der Waals surface area contributed by atoms with Crippen LogP contribution in [0.25, 0.3) is 66.3 Å². The molecule has 0 saturated heterocycles. The van der Waals surface area contributed by atoms with Crippen molar-refractivity contribution in [3.05, 3.63) is 109 Å². The van der Waals surface area contributed by atoms with Crippen LogP contribution >= 0.6 is 0 Å². The van der Waals surface area contributed by atoms with E-state index < -0.39 is 0 Å². The number of oxazole rings is 1. The van der Waals surface area contributed by atoms with Crippen molar-refractivity contribution in [3.8, 4) is 22.8 Å². The van der Waals surface area contributed by atoms with E-state index in [1.807, 2.05) is 42.5 Å². The lowest BCUT2D eigenvalue weighted by Crippen LogP contribution is -1.89. The normalized spacial score (nSPS) is 11.6.